The molecule has 1 rings (SSSR count). The summed E-state index contributed by atoms with van der Waals surface area (Å²) in [4.78, 5) is 7.46. The van der Waals surface area contributed by atoms with Crippen LogP contribution in [0.5, 0.6) is 0 Å². The van der Waals surface area contributed by atoms with Gasteiger partial charge < -0.3 is 0 Å². The average molecular weight is 243 g/mol. The van der Waals surface area contributed by atoms with Crippen molar-refractivity contribution in [1.29, 1.82) is 0 Å². The van der Waals surface area contributed by atoms with Gasteiger partial charge in [-0.05, 0) is 0 Å². The van der Waals surface area contributed by atoms with Gasteiger partial charge in [0.1, 0.15) is 0 Å². The molecule has 1 heteroatoms. The molecule has 1 aliphatic rings. The van der Waals surface area contributed by atoms with Gasteiger partial charge in [-0.3, -0.25) is 0 Å². The van der Waals surface area contributed by atoms with Gasteiger partial charge in [-0.1, -0.05) is 0 Å². The molecule has 56 valence electrons. The van der Waals surface area contributed by atoms with E-state index in [-0.39, 0.29) is 0 Å². The molecule has 0 bridgehead atoms. The van der Waals surface area contributed by atoms with Crippen LogP contribution in [0.3, 0.4) is 0 Å². The molecule has 0 N–H and O–H groups in total. The first kappa shape index (κ1) is 8.38. The number of hydrogen-bond donors (Lipinski definition) is 0. The summed E-state index contributed by atoms with van der Waals surface area (Å²) in [5, 5.41) is 0. The molecular formula is C9H16Sn. The maximum absolute atomic E-state index is 2.49. The SMILES string of the molecule is [CH3][Sn]([CH3])([CH3])[C]1=CC=CCC1. The molecule has 1 aliphatic carbocycles. The summed E-state index contributed by atoms with van der Waals surface area (Å²) in [5.41, 5.74) is 0. The molecule has 0 spiro atoms. The van der Waals surface area contributed by atoms with E-state index in [1.165, 1.54) is 12.8 Å². The van der Waals surface area contributed by atoms with E-state index in [1.807, 2.05) is 0 Å². The predicted octanol–water partition coefficient (Wildman–Crippen LogP) is 3.14. The summed E-state index contributed by atoms with van der Waals surface area (Å²) in [5.74, 6) is 0. The second-order valence-corrected chi connectivity index (χ2v) is 18.6. The van der Waals surface area contributed by atoms with Crippen molar-refractivity contribution in [1.82, 2.24) is 0 Å². The van der Waals surface area contributed by atoms with E-state index in [0.717, 1.165) is 0 Å². The summed E-state index contributed by atoms with van der Waals surface area (Å²) in [6.07, 6.45) is 9.46. The first-order valence-corrected chi connectivity index (χ1v) is 14.0. The second-order valence-electron chi connectivity index (χ2n) is 3.91. The summed E-state index contributed by atoms with van der Waals surface area (Å²) >= 11 is -1.63. The summed E-state index contributed by atoms with van der Waals surface area (Å²) < 4.78 is 1.79. The minimum atomic E-state index is -1.63. The van der Waals surface area contributed by atoms with Gasteiger partial charge in [0.05, 0.1) is 0 Å². The molecule has 0 nitrogen and oxygen atoms in total. The predicted molar refractivity (Wildman–Crippen MR) is 49.8 cm³/mol. The zero-order valence-corrected chi connectivity index (χ0v) is 10.0. The van der Waals surface area contributed by atoms with Crippen LogP contribution in [0.1, 0.15) is 12.8 Å². The Hall–Kier alpha value is 0.279. The Morgan fingerprint density at radius 2 is 2.00 bits per heavy atom. The third-order valence-electron chi connectivity index (χ3n) is 1.98. The van der Waals surface area contributed by atoms with Crippen LogP contribution in [-0.2, 0) is 0 Å². The minimum absolute atomic E-state index is 1.28. The van der Waals surface area contributed by atoms with Crippen LogP contribution in [0.2, 0.25) is 14.8 Å². The van der Waals surface area contributed by atoms with Crippen molar-refractivity contribution >= 4 is 18.4 Å². The van der Waals surface area contributed by atoms with Gasteiger partial charge in [0.2, 0.25) is 0 Å². The summed E-state index contributed by atoms with van der Waals surface area (Å²) in [6, 6.07) is 0. The molecule has 0 aromatic heterocycles. The molecule has 0 unspecified atom stereocenters. The Labute approximate surface area is 67.9 Å². The maximum atomic E-state index is 2.49. The molecule has 10 heavy (non-hydrogen) atoms. The topological polar surface area (TPSA) is 0 Å². The van der Waals surface area contributed by atoms with Gasteiger partial charge in [-0.25, -0.2) is 0 Å². The van der Waals surface area contributed by atoms with Crippen LogP contribution in [0.4, 0.5) is 0 Å². The van der Waals surface area contributed by atoms with E-state index >= 15 is 0 Å². The quantitative estimate of drug-likeness (QED) is 0.620. The summed E-state index contributed by atoms with van der Waals surface area (Å²) in [7, 11) is 0. The van der Waals surface area contributed by atoms with Gasteiger partial charge in [-0.2, -0.15) is 0 Å². The van der Waals surface area contributed by atoms with Gasteiger partial charge >= 0.3 is 67.9 Å². The van der Waals surface area contributed by atoms with Crippen LogP contribution in [-0.4, -0.2) is 18.4 Å². The fourth-order valence-corrected chi connectivity index (χ4v) is 5.48. The van der Waals surface area contributed by atoms with Crippen molar-refractivity contribution in [2.45, 2.75) is 27.7 Å². The molecule has 0 aliphatic heterocycles. The monoisotopic (exact) mass is 244 g/mol. The zero-order chi connectivity index (χ0) is 7.61. The molecule has 0 radical (unpaired) electrons. The number of rotatable bonds is 1. The number of allylic oxidation sites excluding steroid dienone is 4. The van der Waals surface area contributed by atoms with Crippen molar-refractivity contribution < 1.29 is 0 Å². The van der Waals surface area contributed by atoms with Crippen LogP contribution >= 0.6 is 0 Å². The molecule has 0 saturated carbocycles. The van der Waals surface area contributed by atoms with Crippen molar-refractivity contribution in [3.63, 3.8) is 0 Å². The third-order valence-corrected chi connectivity index (χ3v) is 8.67. The Morgan fingerprint density at radius 3 is 2.30 bits per heavy atom. The van der Waals surface area contributed by atoms with Gasteiger partial charge in [0.15, 0.2) is 0 Å². The first-order valence-electron chi connectivity index (χ1n) is 3.97. The van der Waals surface area contributed by atoms with Crippen LogP contribution in [0.15, 0.2) is 21.8 Å². The van der Waals surface area contributed by atoms with E-state index in [1.54, 1.807) is 3.59 Å². The zero-order valence-electron chi connectivity index (χ0n) is 7.15. The third kappa shape index (κ3) is 2.15. The van der Waals surface area contributed by atoms with E-state index in [2.05, 4.69) is 33.0 Å². The van der Waals surface area contributed by atoms with Crippen molar-refractivity contribution in [2.24, 2.45) is 0 Å². The fourth-order valence-electron chi connectivity index (χ4n) is 1.23. The number of hydrogen-bond acceptors (Lipinski definition) is 0. The Morgan fingerprint density at radius 1 is 1.30 bits per heavy atom. The van der Waals surface area contributed by atoms with Crippen molar-refractivity contribution in [2.75, 3.05) is 0 Å². The first-order chi connectivity index (χ1) is 4.61. The van der Waals surface area contributed by atoms with Crippen molar-refractivity contribution in [3.8, 4) is 0 Å². The Kier molecular flexibility index (Phi) is 2.61. The average Bonchev–Trinajstić information content (AvgIpc) is 1.88. The molecule has 0 atom stereocenters. The van der Waals surface area contributed by atoms with Gasteiger partial charge in [-0.15, -0.1) is 0 Å². The van der Waals surface area contributed by atoms with Crippen LogP contribution in [0, 0.1) is 0 Å². The standard InChI is InChI=1S/C6H7.3CH3.Sn/c1-2-4-6-5-3-1;;;;/h1-3H,4,6H2;3*1H3;. The van der Waals surface area contributed by atoms with E-state index in [0.29, 0.717) is 0 Å². The second kappa shape index (κ2) is 3.12. The van der Waals surface area contributed by atoms with E-state index < -0.39 is 18.4 Å². The fraction of sp³-hybridized carbons (Fsp3) is 0.556. The molecule has 0 amide bonds. The Balaban J connectivity index is 2.72. The molecule has 0 heterocycles. The van der Waals surface area contributed by atoms with Crippen LogP contribution < -0.4 is 0 Å². The molecular weight excluding hydrogens is 227 g/mol. The van der Waals surface area contributed by atoms with Crippen LogP contribution in [0.25, 0.3) is 0 Å². The van der Waals surface area contributed by atoms with E-state index in [9.17, 15) is 0 Å². The molecule has 0 saturated heterocycles. The normalized spacial score (nSPS) is 18.9. The molecule has 0 fully saturated rings. The Bertz CT molecular complexity index is 170. The van der Waals surface area contributed by atoms with Crippen molar-refractivity contribution in [3.05, 3.63) is 21.8 Å². The van der Waals surface area contributed by atoms with Gasteiger partial charge in [0, 0.05) is 0 Å². The molecule has 0 aromatic carbocycles. The molecule has 0 aromatic rings. The van der Waals surface area contributed by atoms with E-state index in [4.69, 9.17) is 0 Å². The summed E-state index contributed by atoms with van der Waals surface area (Å²) in [6.45, 7) is 0. The van der Waals surface area contributed by atoms with Gasteiger partial charge in [0.25, 0.3) is 0 Å².